The second-order valence-corrected chi connectivity index (χ2v) is 4.63. The molecule has 0 bridgehead atoms. The molecule has 1 aromatic rings. The van der Waals surface area contributed by atoms with Crippen molar-refractivity contribution in [2.24, 2.45) is 0 Å². The molecule has 0 saturated carbocycles. The first-order valence-corrected chi connectivity index (χ1v) is 6.97. The molecule has 1 N–H and O–H groups in total. The zero-order valence-corrected chi connectivity index (χ0v) is 12.3. The molecule has 114 valence electrons. The van der Waals surface area contributed by atoms with Crippen LogP contribution in [0, 0.1) is 11.3 Å². The Morgan fingerprint density at radius 3 is 2.81 bits per heavy atom. The number of benzene rings is 1. The highest BCUT2D eigenvalue weighted by atomic mass is 16.7. The lowest BCUT2D eigenvalue weighted by Gasteiger charge is -2.15. The summed E-state index contributed by atoms with van der Waals surface area (Å²) in [4.78, 5) is 0. The second-order valence-electron chi connectivity index (χ2n) is 4.63. The Labute approximate surface area is 124 Å². The van der Waals surface area contributed by atoms with Crippen LogP contribution >= 0.6 is 0 Å². The minimum atomic E-state index is -0.469. The third kappa shape index (κ3) is 4.00. The van der Waals surface area contributed by atoms with Crippen molar-refractivity contribution in [2.45, 2.75) is 26.0 Å². The average molecular weight is 292 g/mol. The van der Waals surface area contributed by atoms with Crippen LogP contribution in [0.5, 0.6) is 17.2 Å². The summed E-state index contributed by atoms with van der Waals surface area (Å²) < 4.78 is 21.5. The predicted molar refractivity (Wildman–Crippen MR) is 76.5 cm³/mol. The van der Waals surface area contributed by atoms with Crippen LogP contribution in [0.3, 0.4) is 0 Å². The lowest BCUT2D eigenvalue weighted by molar-refractivity contribution is 0.173. The lowest BCUT2D eigenvalue weighted by Crippen LogP contribution is -2.20. The molecule has 1 unspecified atom stereocenters. The molecule has 21 heavy (non-hydrogen) atoms. The monoisotopic (exact) mass is 292 g/mol. The lowest BCUT2D eigenvalue weighted by atomic mass is 10.1. The Balaban J connectivity index is 2.13. The van der Waals surface area contributed by atoms with E-state index in [1.165, 1.54) is 0 Å². The van der Waals surface area contributed by atoms with E-state index in [1.54, 1.807) is 13.2 Å². The SMILES string of the molecule is CCC(C#N)Oc1cc2c(cc1CNCCOC)OCO2. The maximum Gasteiger partial charge on any atom is 0.231 e. The normalized spacial score (nSPS) is 13.8. The summed E-state index contributed by atoms with van der Waals surface area (Å²) in [6.45, 7) is 4.11. The third-order valence-corrected chi connectivity index (χ3v) is 3.14. The maximum atomic E-state index is 9.05. The summed E-state index contributed by atoms with van der Waals surface area (Å²) in [5, 5.41) is 12.3. The number of ether oxygens (including phenoxy) is 4. The molecule has 0 spiro atoms. The first-order valence-electron chi connectivity index (χ1n) is 6.97. The van der Waals surface area contributed by atoms with Crippen LogP contribution in [0.2, 0.25) is 0 Å². The summed E-state index contributed by atoms with van der Waals surface area (Å²) in [7, 11) is 1.66. The van der Waals surface area contributed by atoms with Crippen molar-refractivity contribution < 1.29 is 18.9 Å². The first-order chi connectivity index (χ1) is 10.3. The summed E-state index contributed by atoms with van der Waals surface area (Å²) >= 11 is 0. The highest BCUT2D eigenvalue weighted by Crippen LogP contribution is 2.38. The zero-order chi connectivity index (χ0) is 15.1. The van der Waals surface area contributed by atoms with Crippen LogP contribution in [0.15, 0.2) is 12.1 Å². The van der Waals surface area contributed by atoms with E-state index in [-0.39, 0.29) is 6.79 Å². The number of nitrogens with one attached hydrogen (secondary N) is 1. The van der Waals surface area contributed by atoms with Gasteiger partial charge in [-0.3, -0.25) is 0 Å². The van der Waals surface area contributed by atoms with Crippen molar-refractivity contribution in [2.75, 3.05) is 27.1 Å². The summed E-state index contributed by atoms with van der Waals surface area (Å²) in [5.41, 5.74) is 0.934. The molecule has 1 atom stereocenters. The van der Waals surface area contributed by atoms with E-state index < -0.39 is 6.10 Å². The van der Waals surface area contributed by atoms with Gasteiger partial charge < -0.3 is 24.3 Å². The van der Waals surface area contributed by atoms with Gasteiger partial charge in [-0.1, -0.05) is 6.92 Å². The van der Waals surface area contributed by atoms with Gasteiger partial charge in [-0.25, -0.2) is 0 Å². The van der Waals surface area contributed by atoms with Gasteiger partial charge in [0.2, 0.25) is 6.79 Å². The average Bonchev–Trinajstić information content (AvgIpc) is 2.96. The summed E-state index contributed by atoms with van der Waals surface area (Å²) in [5.74, 6) is 2.01. The Hall–Kier alpha value is -1.97. The highest BCUT2D eigenvalue weighted by Gasteiger charge is 2.19. The second kappa shape index (κ2) is 7.72. The van der Waals surface area contributed by atoms with E-state index in [0.29, 0.717) is 36.8 Å². The van der Waals surface area contributed by atoms with Crippen molar-refractivity contribution in [1.29, 1.82) is 5.26 Å². The molecule has 0 fully saturated rings. The van der Waals surface area contributed by atoms with E-state index in [1.807, 2.05) is 13.0 Å². The van der Waals surface area contributed by atoms with Crippen LogP contribution in [-0.2, 0) is 11.3 Å². The molecule has 1 aromatic carbocycles. The van der Waals surface area contributed by atoms with Crippen LogP contribution in [0.25, 0.3) is 0 Å². The fourth-order valence-electron chi connectivity index (χ4n) is 1.96. The molecule has 0 aromatic heterocycles. The van der Waals surface area contributed by atoms with Gasteiger partial charge in [0, 0.05) is 31.8 Å². The number of nitrogens with zero attached hydrogens (tertiary/aromatic N) is 1. The molecule has 0 amide bonds. The molecule has 1 aliphatic heterocycles. The number of hydrogen-bond acceptors (Lipinski definition) is 6. The van der Waals surface area contributed by atoms with Crippen molar-refractivity contribution in [3.05, 3.63) is 17.7 Å². The zero-order valence-electron chi connectivity index (χ0n) is 12.3. The van der Waals surface area contributed by atoms with Gasteiger partial charge in [-0.15, -0.1) is 0 Å². The van der Waals surface area contributed by atoms with Gasteiger partial charge in [-0.05, 0) is 12.5 Å². The Kier molecular flexibility index (Phi) is 5.67. The smallest absolute Gasteiger partial charge is 0.231 e. The maximum absolute atomic E-state index is 9.05. The van der Waals surface area contributed by atoms with Gasteiger partial charge >= 0.3 is 0 Å². The molecule has 0 radical (unpaired) electrons. The van der Waals surface area contributed by atoms with E-state index in [0.717, 1.165) is 12.1 Å². The highest BCUT2D eigenvalue weighted by molar-refractivity contribution is 5.52. The number of rotatable bonds is 8. The van der Waals surface area contributed by atoms with Crippen molar-refractivity contribution in [3.63, 3.8) is 0 Å². The minimum absolute atomic E-state index is 0.213. The van der Waals surface area contributed by atoms with Crippen molar-refractivity contribution >= 4 is 0 Å². The van der Waals surface area contributed by atoms with Crippen LogP contribution in [0.1, 0.15) is 18.9 Å². The van der Waals surface area contributed by atoms with Crippen LogP contribution < -0.4 is 19.5 Å². The van der Waals surface area contributed by atoms with Gasteiger partial charge in [-0.2, -0.15) is 5.26 Å². The van der Waals surface area contributed by atoms with E-state index in [9.17, 15) is 0 Å². The Morgan fingerprint density at radius 2 is 2.14 bits per heavy atom. The first kappa shape index (κ1) is 15.4. The van der Waals surface area contributed by atoms with Gasteiger partial charge in [0.25, 0.3) is 0 Å². The standard InChI is InChI=1S/C15H20N2O4/c1-3-12(8-16)21-13-7-15-14(19-10-20-15)6-11(13)9-17-4-5-18-2/h6-7,12,17H,3-5,9-10H2,1-2H3. The van der Waals surface area contributed by atoms with Gasteiger partial charge in [0.15, 0.2) is 17.6 Å². The molecule has 2 rings (SSSR count). The van der Waals surface area contributed by atoms with Gasteiger partial charge in [0.1, 0.15) is 11.8 Å². The Morgan fingerprint density at radius 1 is 1.38 bits per heavy atom. The van der Waals surface area contributed by atoms with E-state index in [2.05, 4.69) is 11.4 Å². The minimum Gasteiger partial charge on any atom is -0.475 e. The van der Waals surface area contributed by atoms with Crippen LogP contribution in [-0.4, -0.2) is 33.2 Å². The Bertz CT molecular complexity index is 513. The number of fused-ring (bicyclic) bond motifs is 1. The molecule has 6 nitrogen and oxygen atoms in total. The molecule has 1 heterocycles. The van der Waals surface area contributed by atoms with Crippen molar-refractivity contribution in [3.8, 4) is 23.3 Å². The number of hydrogen-bond donors (Lipinski definition) is 1. The molecular weight excluding hydrogens is 272 g/mol. The molecular formula is C15H20N2O4. The number of methoxy groups -OCH3 is 1. The third-order valence-electron chi connectivity index (χ3n) is 3.14. The van der Waals surface area contributed by atoms with Gasteiger partial charge in [0.05, 0.1) is 6.61 Å². The quantitative estimate of drug-likeness (QED) is 0.737. The summed E-state index contributed by atoms with van der Waals surface area (Å²) in [6, 6.07) is 5.81. The number of nitriles is 1. The fourth-order valence-corrected chi connectivity index (χ4v) is 1.96. The van der Waals surface area contributed by atoms with Crippen LogP contribution in [0.4, 0.5) is 0 Å². The van der Waals surface area contributed by atoms with E-state index in [4.69, 9.17) is 24.2 Å². The van der Waals surface area contributed by atoms with Crippen molar-refractivity contribution in [1.82, 2.24) is 5.32 Å². The fraction of sp³-hybridized carbons (Fsp3) is 0.533. The predicted octanol–water partition coefficient (Wildman–Crippen LogP) is 1.83. The molecule has 0 aliphatic carbocycles. The topological polar surface area (TPSA) is 72.7 Å². The summed E-state index contributed by atoms with van der Waals surface area (Å²) in [6.07, 6.45) is 0.157. The molecule has 6 heteroatoms. The van der Waals surface area contributed by atoms with E-state index >= 15 is 0 Å². The largest absolute Gasteiger partial charge is 0.475 e. The molecule has 0 saturated heterocycles. The molecule has 1 aliphatic rings.